The Morgan fingerprint density at radius 3 is 2.71 bits per heavy atom. The number of nitrogens with zero attached hydrogens (tertiary/aromatic N) is 4. The number of aromatic nitrogens is 2. The van der Waals surface area contributed by atoms with Crippen LogP contribution in [-0.4, -0.2) is 54.3 Å². The van der Waals surface area contributed by atoms with E-state index in [9.17, 15) is 4.79 Å². The van der Waals surface area contributed by atoms with Crippen LogP contribution in [0.5, 0.6) is 5.75 Å². The van der Waals surface area contributed by atoms with E-state index in [1.165, 1.54) is 0 Å². The van der Waals surface area contributed by atoms with E-state index in [0.717, 1.165) is 50.3 Å². The first kappa shape index (κ1) is 23.5. The van der Waals surface area contributed by atoms with E-state index in [-0.39, 0.29) is 5.91 Å². The van der Waals surface area contributed by atoms with E-state index in [1.807, 2.05) is 35.2 Å². The Bertz CT molecular complexity index is 1250. The van der Waals surface area contributed by atoms with Gasteiger partial charge in [0.05, 0.1) is 18.5 Å². The summed E-state index contributed by atoms with van der Waals surface area (Å²) >= 11 is 12.6. The van der Waals surface area contributed by atoms with Crippen LogP contribution in [0, 0.1) is 0 Å². The molecule has 1 saturated heterocycles. The van der Waals surface area contributed by atoms with Crippen molar-refractivity contribution in [1.29, 1.82) is 0 Å². The van der Waals surface area contributed by atoms with E-state index in [2.05, 4.69) is 25.7 Å². The molecule has 0 bridgehead atoms. The lowest BCUT2D eigenvalue weighted by Crippen LogP contribution is -2.34. The lowest BCUT2D eigenvalue weighted by molar-refractivity contribution is 0.0792. The van der Waals surface area contributed by atoms with Crippen LogP contribution in [0.25, 0.3) is 0 Å². The molecule has 0 unspecified atom stereocenters. The Hall–Kier alpha value is -3.23. The van der Waals surface area contributed by atoms with E-state index >= 15 is 0 Å². The van der Waals surface area contributed by atoms with Crippen LogP contribution in [0.1, 0.15) is 28.8 Å². The van der Waals surface area contributed by atoms with Crippen LogP contribution in [-0.2, 0) is 6.54 Å². The first-order valence-corrected chi connectivity index (χ1v) is 12.3. The second-order valence-corrected chi connectivity index (χ2v) is 9.43. The number of hydrogen-bond donors (Lipinski definition) is 2. The zero-order chi connectivity index (χ0) is 24.4. The van der Waals surface area contributed by atoms with E-state index < -0.39 is 0 Å². The SMILES string of the molecule is COc1cc(C(=O)N2CCCC2)ccc1Nc1cc2c(nn1)NCCN2Cc1cc(Cl)ccc1Cl. The molecule has 5 rings (SSSR count). The molecule has 2 aromatic carbocycles. The molecule has 2 aliphatic rings. The van der Waals surface area contributed by atoms with Crippen LogP contribution in [0.15, 0.2) is 42.5 Å². The van der Waals surface area contributed by atoms with Gasteiger partial charge in [-0.3, -0.25) is 4.79 Å². The van der Waals surface area contributed by atoms with Crippen LogP contribution in [0.4, 0.5) is 23.0 Å². The van der Waals surface area contributed by atoms with Gasteiger partial charge in [-0.25, -0.2) is 0 Å². The minimum Gasteiger partial charge on any atom is -0.495 e. The molecular formula is C25H26Cl2N6O2. The van der Waals surface area contributed by atoms with Crippen molar-refractivity contribution >= 4 is 52.1 Å². The summed E-state index contributed by atoms with van der Waals surface area (Å²) in [5.74, 6) is 1.86. The molecule has 35 heavy (non-hydrogen) atoms. The molecule has 1 aromatic heterocycles. The molecule has 3 heterocycles. The van der Waals surface area contributed by atoms with Gasteiger partial charge in [-0.2, -0.15) is 0 Å². The predicted molar refractivity (Wildman–Crippen MR) is 139 cm³/mol. The Morgan fingerprint density at radius 1 is 1.09 bits per heavy atom. The van der Waals surface area contributed by atoms with Gasteiger partial charge in [0.1, 0.15) is 5.75 Å². The zero-order valence-corrected chi connectivity index (χ0v) is 20.9. The smallest absolute Gasteiger partial charge is 0.253 e. The van der Waals surface area contributed by atoms with Crippen molar-refractivity contribution in [2.45, 2.75) is 19.4 Å². The Kier molecular flexibility index (Phi) is 6.83. The molecule has 10 heteroatoms. The standard InChI is InChI=1S/C25H26Cl2N6O2/c1-35-22-13-16(25(34)32-9-2-3-10-32)4-7-20(22)29-23-14-21-24(31-30-23)28-8-11-33(21)15-17-12-18(26)5-6-19(17)27/h4-7,12-14H,2-3,8-11,15H2,1H3,(H,28,31)(H,29,30). The van der Waals surface area contributed by atoms with Crippen molar-refractivity contribution < 1.29 is 9.53 Å². The summed E-state index contributed by atoms with van der Waals surface area (Å²) in [6.07, 6.45) is 2.10. The summed E-state index contributed by atoms with van der Waals surface area (Å²) in [5.41, 5.74) is 3.16. The van der Waals surface area contributed by atoms with Gasteiger partial charge in [0.25, 0.3) is 5.91 Å². The first-order chi connectivity index (χ1) is 17.0. The third kappa shape index (κ3) is 5.09. The molecule has 182 valence electrons. The summed E-state index contributed by atoms with van der Waals surface area (Å²) in [5, 5.41) is 16.6. The number of likely N-dealkylation sites (tertiary alicyclic amines) is 1. The monoisotopic (exact) mass is 512 g/mol. The topological polar surface area (TPSA) is 82.6 Å². The second-order valence-electron chi connectivity index (χ2n) is 8.59. The van der Waals surface area contributed by atoms with Gasteiger partial charge in [-0.05, 0) is 54.8 Å². The molecule has 8 nitrogen and oxygen atoms in total. The van der Waals surface area contributed by atoms with E-state index in [0.29, 0.717) is 45.2 Å². The number of hydrogen-bond acceptors (Lipinski definition) is 7. The van der Waals surface area contributed by atoms with Crippen molar-refractivity contribution in [3.8, 4) is 5.75 Å². The number of ether oxygens (including phenoxy) is 1. The maximum atomic E-state index is 12.8. The Morgan fingerprint density at radius 2 is 1.91 bits per heavy atom. The fourth-order valence-electron chi connectivity index (χ4n) is 4.44. The van der Waals surface area contributed by atoms with Gasteiger partial charge in [0.2, 0.25) is 0 Å². The summed E-state index contributed by atoms with van der Waals surface area (Å²) in [7, 11) is 1.59. The fourth-order valence-corrected chi connectivity index (χ4v) is 4.81. The van der Waals surface area contributed by atoms with Gasteiger partial charge < -0.3 is 25.2 Å². The zero-order valence-electron chi connectivity index (χ0n) is 19.4. The molecule has 0 radical (unpaired) electrons. The summed E-state index contributed by atoms with van der Waals surface area (Å²) in [4.78, 5) is 16.8. The van der Waals surface area contributed by atoms with Crippen molar-refractivity contribution in [3.63, 3.8) is 0 Å². The largest absolute Gasteiger partial charge is 0.495 e. The van der Waals surface area contributed by atoms with Gasteiger partial charge in [-0.1, -0.05) is 23.2 Å². The highest BCUT2D eigenvalue weighted by molar-refractivity contribution is 6.33. The number of carbonyl (C=O) groups is 1. The highest BCUT2D eigenvalue weighted by Gasteiger charge is 2.22. The number of amides is 1. The molecule has 1 fully saturated rings. The number of halogens is 2. The fraction of sp³-hybridized carbons (Fsp3) is 0.320. The average Bonchev–Trinajstić information content (AvgIpc) is 3.41. The van der Waals surface area contributed by atoms with E-state index in [4.69, 9.17) is 27.9 Å². The first-order valence-electron chi connectivity index (χ1n) is 11.6. The highest BCUT2D eigenvalue weighted by Crippen LogP contribution is 2.34. The molecule has 0 saturated carbocycles. The van der Waals surface area contributed by atoms with E-state index in [1.54, 1.807) is 19.2 Å². The van der Waals surface area contributed by atoms with Crippen LogP contribution < -0.4 is 20.3 Å². The molecule has 1 amide bonds. The molecule has 2 N–H and O–H groups in total. The van der Waals surface area contributed by atoms with Crippen molar-refractivity contribution in [2.75, 3.05) is 48.8 Å². The molecule has 0 spiro atoms. The average molecular weight is 513 g/mol. The van der Waals surface area contributed by atoms with Gasteiger partial charge in [0, 0.05) is 54.4 Å². The van der Waals surface area contributed by atoms with Gasteiger partial charge >= 0.3 is 0 Å². The summed E-state index contributed by atoms with van der Waals surface area (Å²) in [6.45, 7) is 3.72. The number of rotatable bonds is 6. The number of carbonyl (C=O) groups excluding carboxylic acids is 1. The number of fused-ring (bicyclic) bond motifs is 1. The highest BCUT2D eigenvalue weighted by atomic mass is 35.5. The lowest BCUT2D eigenvalue weighted by Gasteiger charge is -2.31. The Labute approximate surface area is 214 Å². The molecule has 3 aromatic rings. The maximum absolute atomic E-state index is 12.8. The minimum atomic E-state index is 0.0299. The molecule has 2 aliphatic heterocycles. The summed E-state index contributed by atoms with van der Waals surface area (Å²) < 4.78 is 5.58. The normalized spacial score (nSPS) is 14.9. The Balaban J connectivity index is 1.38. The van der Waals surface area contributed by atoms with Crippen molar-refractivity contribution in [2.24, 2.45) is 0 Å². The number of nitrogens with one attached hydrogen (secondary N) is 2. The number of anilines is 4. The van der Waals surface area contributed by atoms with Crippen molar-refractivity contribution in [1.82, 2.24) is 15.1 Å². The number of methoxy groups -OCH3 is 1. The second kappa shape index (κ2) is 10.2. The van der Waals surface area contributed by atoms with Crippen LogP contribution in [0.2, 0.25) is 10.0 Å². The summed E-state index contributed by atoms with van der Waals surface area (Å²) in [6, 6.07) is 12.8. The molecule has 0 atom stereocenters. The van der Waals surface area contributed by atoms with Crippen molar-refractivity contribution in [3.05, 3.63) is 63.6 Å². The van der Waals surface area contributed by atoms with Gasteiger partial charge in [0.15, 0.2) is 11.6 Å². The maximum Gasteiger partial charge on any atom is 0.253 e. The van der Waals surface area contributed by atoms with Crippen LogP contribution in [0.3, 0.4) is 0 Å². The third-order valence-corrected chi connectivity index (χ3v) is 6.87. The lowest BCUT2D eigenvalue weighted by atomic mass is 10.1. The quantitative estimate of drug-likeness (QED) is 0.469. The number of benzene rings is 2. The van der Waals surface area contributed by atoms with Gasteiger partial charge in [-0.15, -0.1) is 10.2 Å². The minimum absolute atomic E-state index is 0.0299. The molecular weight excluding hydrogens is 487 g/mol. The molecule has 0 aliphatic carbocycles. The predicted octanol–water partition coefficient (Wildman–Crippen LogP) is 5.20. The van der Waals surface area contributed by atoms with Crippen LogP contribution >= 0.6 is 23.2 Å². The third-order valence-electron chi connectivity index (χ3n) is 6.26.